The second-order valence-corrected chi connectivity index (χ2v) is 6.16. The Morgan fingerprint density at radius 2 is 1.95 bits per heavy atom. The van der Waals surface area contributed by atoms with Crippen LogP contribution >= 0.6 is 43.5 Å². The van der Waals surface area contributed by atoms with E-state index in [9.17, 15) is 4.79 Å². The van der Waals surface area contributed by atoms with Crippen LogP contribution in [-0.2, 0) is 0 Å². The summed E-state index contributed by atoms with van der Waals surface area (Å²) in [5.74, 6) is 0.429. The van der Waals surface area contributed by atoms with Gasteiger partial charge in [-0.15, -0.1) is 0 Å². The van der Waals surface area contributed by atoms with Crippen molar-refractivity contribution >= 4 is 55.1 Å². The van der Waals surface area contributed by atoms with Gasteiger partial charge in [-0.25, -0.2) is 0 Å². The minimum Gasteiger partial charge on any atom is -0.497 e. The lowest BCUT2D eigenvalue weighted by Crippen LogP contribution is -2.12. The summed E-state index contributed by atoms with van der Waals surface area (Å²) < 4.78 is 6.62. The molecule has 3 nitrogen and oxygen atoms in total. The number of carbonyl (C=O) groups is 1. The molecule has 0 saturated heterocycles. The zero-order chi connectivity index (χ0) is 14.7. The summed E-state index contributed by atoms with van der Waals surface area (Å²) in [5.41, 5.74) is 1.15. The molecule has 0 bridgehead atoms. The Labute approximate surface area is 138 Å². The van der Waals surface area contributed by atoms with Crippen LogP contribution in [0.3, 0.4) is 0 Å². The molecule has 0 heterocycles. The van der Waals surface area contributed by atoms with Crippen molar-refractivity contribution < 1.29 is 9.53 Å². The number of nitrogens with one attached hydrogen (secondary N) is 1. The fraction of sp³-hybridized carbons (Fsp3) is 0.0714. The fourth-order valence-electron chi connectivity index (χ4n) is 1.62. The second-order valence-electron chi connectivity index (χ2n) is 3.96. The Morgan fingerprint density at radius 1 is 1.20 bits per heavy atom. The highest BCUT2D eigenvalue weighted by Gasteiger charge is 2.11. The van der Waals surface area contributed by atoms with Gasteiger partial charge in [0.25, 0.3) is 5.91 Å². The van der Waals surface area contributed by atoms with E-state index in [1.165, 1.54) is 0 Å². The Bertz CT molecular complexity index is 662. The molecular weight excluding hydrogens is 409 g/mol. The molecule has 0 spiro atoms. The van der Waals surface area contributed by atoms with Crippen molar-refractivity contribution in [2.24, 2.45) is 0 Å². The van der Waals surface area contributed by atoms with E-state index in [1.807, 2.05) is 6.07 Å². The predicted molar refractivity (Wildman–Crippen MR) is 87.8 cm³/mol. The Morgan fingerprint density at radius 3 is 2.60 bits per heavy atom. The van der Waals surface area contributed by atoms with Crippen LogP contribution in [0.2, 0.25) is 5.02 Å². The molecule has 2 rings (SSSR count). The van der Waals surface area contributed by atoms with E-state index in [2.05, 4.69) is 37.2 Å². The molecule has 2 aromatic carbocycles. The average molecular weight is 420 g/mol. The van der Waals surface area contributed by atoms with Gasteiger partial charge in [-0.2, -0.15) is 0 Å². The van der Waals surface area contributed by atoms with Gasteiger partial charge in [0.15, 0.2) is 0 Å². The lowest BCUT2D eigenvalue weighted by atomic mass is 10.2. The number of benzene rings is 2. The minimum atomic E-state index is -0.228. The van der Waals surface area contributed by atoms with Gasteiger partial charge in [-0.3, -0.25) is 4.79 Å². The van der Waals surface area contributed by atoms with Gasteiger partial charge in [0.05, 0.1) is 12.7 Å². The summed E-state index contributed by atoms with van der Waals surface area (Å²) in [6.07, 6.45) is 0. The van der Waals surface area contributed by atoms with Crippen LogP contribution in [0.5, 0.6) is 5.75 Å². The number of carbonyl (C=O) groups excluding carboxylic acids is 1. The molecule has 0 unspecified atom stereocenters. The van der Waals surface area contributed by atoms with Gasteiger partial charge in [0.1, 0.15) is 5.75 Å². The highest BCUT2D eigenvalue weighted by molar-refractivity contribution is 9.10. The van der Waals surface area contributed by atoms with E-state index in [4.69, 9.17) is 16.3 Å². The number of methoxy groups -OCH3 is 1. The summed E-state index contributed by atoms with van der Waals surface area (Å²) in [4.78, 5) is 12.2. The monoisotopic (exact) mass is 417 g/mol. The first-order valence-electron chi connectivity index (χ1n) is 5.60. The number of anilines is 1. The van der Waals surface area contributed by atoms with Gasteiger partial charge >= 0.3 is 0 Å². The molecular formula is C14H10Br2ClNO2. The van der Waals surface area contributed by atoms with Crippen LogP contribution in [0.1, 0.15) is 10.4 Å². The SMILES string of the molecule is COc1cc(Br)cc(NC(=O)c2ccc(Cl)cc2Br)c1. The number of halogens is 3. The highest BCUT2D eigenvalue weighted by Crippen LogP contribution is 2.26. The number of ether oxygens (including phenoxy) is 1. The molecule has 0 radical (unpaired) electrons. The molecule has 0 atom stereocenters. The van der Waals surface area contributed by atoms with Crippen LogP contribution < -0.4 is 10.1 Å². The third-order valence-corrected chi connectivity index (χ3v) is 3.89. The van der Waals surface area contributed by atoms with Crippen LogP contribution in [0, 0.1) is 0 Å². The predicted octanol–water partition coefficient (Wildman–Crippen LogP) is 5.13. The molecule has 0 aromatic heterocycles. The molecule has 20 heavy (non-hydrogen) atoms. The molecule has 6 heteroatoms. The number of hydrogen-bond donors (Lipinski definition) is 1. The van der Waals surface area contributed by atoms with Gasteiger partial charge in [-0.1, -0.05) is 27.5 Å². The summed E-state index contributed by atoms with van der Waals surface area (Å²) in [5, 5.41) is 3.38. The van der Waals surface area contributed by atoms with Crippen LogP contribution in [0.15, 0.2) is 45.3 Å². The van der Waals surface area contributed by atoms with Gasteiger partial charge < -0.3 is 10.1 Å². The van der Waals surface area contributed by atoms with Crippen molar-refractivity contribution in [3.63, 3.8) is 0 Å². The van der Waals surface area contributed by atoms with E-state index in [0.717, 1.165) is 4.47 Å². The standard InChI is InChI=1S/C14H10Br2ClNO2/c1-20-11-5-8(15)4-10(7-11)18-14(19)12-3-2-9(17)6-13(12)16/h2-7H,1H3,(H,18,19). The topological polar surface area (TPSA) is 38.3 Å². The highest BCUT2D eigenvalue weighted by atomic mass is 79.9. The first-order chi connectivity index (χ1) is 9.49. The Hall–Kier alpha value is -1.04. The van der Waals surface area contributed by atoms with Crippen molar-refractivity contribution in [2.45, 2.75) is 0 Å². The zero-order valence-corrected chi connectivity index (χ0v) is 14.3. The normalized spacial score (nSPS) is 10.2. The van der Waals surface area contributed by atoms with Crippen LogP contribution in [-0.4, -0.2) is 13.0 Å². The number of amides is 1. The second kappa shape index (κ2) is 6.61. The molecule has 104 valence electrons. The molecule has 0 aliphatic rings. The maximum absolute atomic E-state index is 12.2. The van der Waals surface area contributed by atoms with E-state index >= 15 is 0 Å². The first kappa shape index (κ1) is 15.4. The first-order valence-corrected chi connectivity index (χ1v) is 7.57. The van der Waals surface area contributed by atoms with Gasteiger partial charge in [0.2, 0.25) is 0 Å². The van der Waals surface area contributed by atoms with Crippen molar-refractivity contribution in [2.75, 3.05) is 12.4 Å². The molecule has 2 aromatic rings. The average Bonchev–Trinajstić information content (AvgIpc) is 2.37. The lowest BCUT2D eigenvalue weighted by Gasteiger charge is -2.09. The van der Waals surface area contributed by atoms with E-state index in [1.54, 1.807) is 37.4 Å². The molecule has 0 aliphatic heterocycles. The molecule has 1 N–H and O–H groups in total. The van der Waals surface area contributed by atoms with Crippen molar-refractivity contribution in [1.29, 1.82) is 0 Å². The maximum atomic E-state index is 12.2. The summed E-state index contributed by atoms with van der Waals surface area (Å²) in [6.45, 7) is 0. The van der Waals surface area contributed by atoms with Crippen molar-refractivity contribution in [1.82, 2.24) is 0 Å². The molecule has 0 aliphatic carbocycles. The van der Waals surface area contributed by atoms with Crippen molar-refractivity contribution in [3.05, 3.63) is 55.9 Å². The third kappa shape index (κ3) is 3.75. The fourth-order valence-corrected chi connectivity index (χ4v) is 2.96. The minimum absolute atomic E-state index is 0.228. The van der Waals surface area contributed by atoms with Gasteiger partial charge in [-0.05, 0) is 46.3 Å². The van der Waals surface area contributed by atoms with E-state index in [0.29, 0.717) is 26.5 Å². The van der Waals surface area contributed by atoms with Gasteiger partial charge in [0, 0.05) is 25.7 Å². The molecule has 1 amide bonds. The summed E-state index contributed by atoms with van der Waals surface area (Å²) >= 11 is 12.5. The lowest BCUT2D eigenvalue weighted by molar-refractivity contribution is 0.102. The number of rotatable bonds is 3. The Balaban J connectivity index is 2.25. The smallest absolute Gasteiger partial charge is 0.256 e. The van der Waals surface area contributed by atoms with E-state index in [-0.39, 0.29) is 5.91 Å². The third-order valence-electron chi connectivity index (χ3n) is 2.54. The number of hydrogen-bond acceptors (Lipinski definition) is 2. The largest absolute Gasteiger partial charge is 0.497 e. The quantitative estimate of drug-likeness (QED) is 0.749. The van der Waals surface area contributed by atoms with E-state index < -0.39 is 0 Å². The zero-order valence-electron chi connectivity index (χ0n) is 10.4. The molecule has 0 fully saturated rings. The Kier molecular flexibility index (Phi) is 5.07. The van der Waals surface area contributed by atoms with Crippen LogP contribution in [0.4, 0.5) is 5.69 Å². The summed E-state index contributed by atoms with van der Waals surface area (Å²) in [6, 6.07) is 10.4. The van der Waals surface area contributed by atoms with Crippen LogP contribution in [0.25, 0.3) is 0 Å². The maximum Gasteiger partial charge on any atom is 0.256 e. The summed E-state index contributed by atoms with van der Waals surface area (Å²) in [7, 11) is 1.57. The molecule has 0 saturated carbocycles. The van der Waals surface area contributed by atoms with Crippen molar-refractivity contribution in [3.8, 4) is 5.75 Å².